The Morgan fingerprint density at radius 3 is 2.79 bits per heavy atom. The molecule has 1 unspecified atom stereocenters. The predicted octanol–water partition coefficient (Wildman–Crippen LogP) is 4.58. The van der Waals surface area contributed by atoms with Gasteiger partial charge in [-0.3, -0.25) is 0 Å². The van der Waals surface area contributed by atoms with E-state index < -0.39 is 0 Å². The summed E-state index contributed by atoms with van der Waals surface area (Å²) in [6.45, 7) is 2.11. The largest absolute Gasteiger partial charge is 0.459 e. The lowest BCUT2D eigenvalue weighted by molar-refractivity contribution is 0.365. The van der Waals surface area contributed by atoms with Crippen molar-refractivity contribution in [1.82, 2.24) is 5.32 Å². The topological polar surface area (TPSA) is 25.2 Å². The molecule has 1 N–H and O–H groups in total. The molecule has 0 spiro atoms. The fourth-order valence-electron chi connectivity index (χ4n) is 3.36. The molecule has 2 nitrogen and oxygen atoms in total. The highest BCUT2D eigenvalue weighted by atomic mass is 16.3. The van der Waals surface area contributed by atoms with E-state index in [0.29, 0.717) is 6.04 Å². The van der Waals surface area contributed by atoms with E-state index in [0.717, 1.165) is 17.3 Å². The minimum absolute atomic E-state index is 0.356. The number of hydrogen-bond acceptors (Lipinski definition) is 2. The van der Waals surface area contributed by atoms with Crippen LogP contribution in [0.4, 0.5) is 0 Å². The molecule has 0 amide bonds. The van der Waals surface area contributed by atoms with Crippen molar-refractivity contribution < 1.29 is 4.42 Å². The van der Waals surface area contributed by atoms with Crippen molar-refractivity contribution in [1.29, 1.82) is 0 Å². The maximum absolute atomic E-state index is 6.10. The summed E-state index contributed by atoms with van der Waals surface area (Å²) in [5.74, 6) is 1.96. The Labute approximate surface area is 115 Å². The van der Waals surface area contributed by atoms with Crippen LogP contribution in [0, 0.1) is 12.8 Å². The van der Waals surface area contributed by atoms with E-state index in [4.69, 9.17) is 4.42 Å². The van der Waals surface area contributed by atoms with Gasteiger partial charge < -0.3 is 9.73 Å². The lowest BCUT2D eigenvalue weighted by Gasteiger charge is -2.17. The molecule has 1 fully saturated rings. The van der Waals surface area contributed by atoms with Crippen LogP contribution in [0.2, 0.25) is 0 Å². The second-order valence-corrected chi connectivity index (χ2v) is 5.87. The number of nitrogens with one attached hydrogen (secondary N) is 1. The minimum Gasteiger partial charge on any atom is -0.459 e. The van der Waals surface area contributed by atoms with Crippen LogP contribution in [0.5, 0.6) is 0 Å². The molecule has 1 saturated carbocycles. The fourth-order valence-corrected chi connectivity index (χ4v) is 3.36. The van der Waals surface area contributed by atoms with Gasteiger partial charge in [0, 0.05) is 5.39 Å². The Hall–Kier alpha value is -1.28. The van der Waals surface area contributed by atoms with Gasteiger partial charge in [-0.15, -0.1) is 0 Å². The second-order valence-electron chi connectivity index (χ2n) is 5.87. The van der Waals surface area contributed by atoms with Gasteiger partial charge in [-0.2, -0.15) is 0 Å². The zero-order valence-electron chi connectivity index (χ0n) is 11.9. The highest BCUT2D eigenvalue weighted by Gasteiger charge is 2.22. The summed E-state index contributed by atoms with van der Waals surface area (Å²) in [6, 6.07) is 8.91. The molecule has 2 aromatic rings. The molecular formula is C17H23NO. The average molecular weight is 257 g/mol. The van der Waals surface area contributed by atoms with E-state index in [-0.39, 0.29) is 0 Å². The Bertz CT molecular complexity index is 551. The number of furan rings is 1. The van der Waals surface area contributed by atoms with Crippen molar-refractivity contribution in [2.45, 2.75) is 45.1 Å². The van der Waals surface area contributed by atoms with Gasteiger partial charge in [0.2, 0.25) is 0 Å². The van der Waals surface area contributed by atoms with Crippen molar-refractivity contribution in [3.63, 3.8) is 0 Å². The zero-order valence-corrected chi connectivity index (χ0v) is 11.9. The van der Waals surface area contributed by atoms with Crippen LogP contribution in [-0.2, 0) is 0 Å². The van der Waals surface area contributed by atoms with E-state index in [2.05, 4.69) is 36.5 Å². The molecule has 0 saturated heterocycles. The lowest BCUT2D eigenvalue weighted by Crippen LogP contribution is -2.18. The molecule has 1 aromatic heterocycles. The van der Waals surface area contributed by atoms with E-state index in [1.54, 1.807) is 0 Å². The highest BCUT2D eigenvalue weighted by Crippen LogP contribution is 2.35. The van der Waals surface area contributed by atoms with Crippen molar-refractivity contribution in [2.24, 2.45) is 5.92 Å². The predicted molar refractivity (Wildman–Crippen MR) is 79.3 cm³/mol. The Morgan fingerprint density at radius 2 is 2.11 bits per heavy atom. The number of fused-ring (bicyclic) bond motifs is 1. The Balaban J connectivity index is 1.86. The first-order valence-electron chi connectivity index (χ1n) is 7.44. The van der Waals surface area contributed by atoms with Gasteiger partial charge in [-0.1, -0.05) is 43.9 Å². The van der Waals surface area contributed by atoms with Gasteiger partial charge in [0.15, 0.2) is 0 Å². The quantitative estimate of drug-likeness (QED) is 0.867. The molecule has 1 heterocycles. The van der Waals surface area contributed by atoms with Crippen LogP contribution in [0.1, 0.15) is 49.5 Å². The number of hydrogen-bond donors (Lipinski definition) is 1. The third kappa shape index (κ3) is 2.55. The molecular weight excluding hydrogens is 234 g/mol. The van der Waals surface area contributed by atoms with E-state index in [9.17, 15) is 0 Å². The van der Waals surface area contributed by atoms with Gasteiger partial charge in [0.25, 0.3) is 0 Å². The van der Waals surface area contributed by atoms with Crippen molar-refractivity contribution in [3.8, 4) is 0 Å². The third-order valence-corrected chi connectivity index (χ3v) is 4.50. The molecule has 0 bridgehead atoms. The molecule has 1 atom stereocenters. The van der Waals surface area contributed by atoms with Crippen LogP contribution in [-0.4, -0.2) is 7.05 Å². The molecule has 1 aliphatic carbocycles. The number of aryl methyl sites for hydroxylation is 1. The highest BCUT2D eigenvalue weighted by molar-refractivity contribution is 5.80. The van der Waals surface area contributed by atoms with E-state index in [1.165, 1.54) is 43.1 Å². The molecule has 0 aliphatic heterocycles. The first-order valence-corrected chi connectivity index (χ1v) is 7.44. The summed E-state index contributed by atoms with van der Waals surface area (Å²) >= 11 is 0. The van der Waals surface area contributed by atoms with Gasteiger partial charge >= 0.3 is 0 Å². The van der Waals surface area contributed by atoms with Gasteiger partial charge in [-0.25, -0.2) is 0 Å². The first-order chi connectivity index (χ1) is 9.28. The Kier molecular flexibility index (Phi) is 3.61. The molecule has 1 aliphatic rings. The second kappa shape index (κ2) is 5.38. The minimum atomic E-state index is 0.356. The van der Waals surface area contributed by atoms with Gasteiger partial charge in [0.05, 0.1) is 6.04 Å². The van der Waals surface area contributed by atoms with Crippen molar-refractivity contribution >= 4 is 11.0 Å². The zero-order chi connectivity index (χ0) is 13.2. The maximum Gasteiger partial charge on any atom is 0.137 e. The van der Waals surface area contributed by atoms with E-state index in [1.807, 2.05) is 7.05 Å². The summed E-state index contributed by atoms with van der Waals surface area (Å²) in [6.07, 6.45) is 6.78. The lowest BCUT2D eigenvalue weighted by atomic mass is 9.97. The smallest absolute Gasteiger partial charge is 0.137 e. The molecule has 0 radical (unpaired) electrons. The van der Waals surface area contributed by atoms with Crippen LogP contribution in [0.15, 0.2) is 28.7 Å². The summed E-state index contributed by atoms with van der Waals surface area (Å²) in [7, 11) is 2.04. The first kappa shape index (κ1) is 12.7. The number of para-hydroxylation sites is 1. The summed E-state index contributed by atoms with van der Waals surface area (Å²) in [4.78, 5) is 0. The maximum atomic E-state index is 6.10. The van der Waals surface area contributed by atoms with Gasteiger partial charge in [-0.05, 0) is 37.9 Å². The van der Waals surface area contributed by atoms with Crippen LogP contribution < -0.4 is 5.32 Å². The number of benzene rings is 1. The number of rotatable bonds is 4. The summed E-state index contributed by atoms with van der Waals surface area (Å²) in [5, 5.41) is 4.66. The molecule has 2 heteroatoms. The molecule has 102 valence electrons. The molecule has 3 rings (SSSR count). The fraction of sp³-hybridized carbons (Fsp3) is 0.529. The molecule has 19 heavy (non-hydrogen) atoms. The standard InChI is InChI=1S/C17H23NO/c1-12-6-5-9-14-11-16(19-17(12)14)15(18-2)10-13-7-3-4-8-13/h5-6,9,11,13,15,18H,3-4,7-8,10H2,1-2H3. The third-order valence-electron chi connectivity index (χ3n) is 4.50. The van der Waals surface area contributed by atoms with Crippen molar-refractivity contribution in [3.05, 3.63) is 35.6 Å². The summed E-state index contributed by atoms with van der Waals surface area (Å²) < 4.78 is 6.10. The monoisotopic (exact) mass is 257 g/mol. The van der Waals surface area contributed by atoms with E-state index >= 15 is 0 Å². The molecule has 1 aromatic carbocycles. The van der Waals surface area contributed by atoms with Crippen LogP contribution >= 0.6 is 0 Å². The average Bonchev–Trinajstić information content (AvgIpc) is 3.05. The van der Waals surface area contributed by atoms with Crippen LogP contribution in [0.25, 0.3) is 11.0 Å². The normalized spacial score (nSPS) is 18.2. The van der Waals surface area contributed by atoms with Crippen molar-refractivity contribution in [2.75, 3.05) is 7.05 Å². The van der Waals surface area contributed by atoms with Crippen LogP contribution in [0.3, 0.4) is 0 Å². The summed E-state index contributed by atoms with van der Waals surface area (Å²) in [5.41, 5.74) is 2.27. The Morgan fingerprint density at radius 1 is 1.32 bits per heavy atom. The van der Waals surface area contributed by atoms with Gasteiger partial charge in [0.1, 0.15) is 11.3 Å². The SMILES string of the molecule is CNC(CC1CCCC1)c1cc2cccc(C)c2o1.